The van der Waals surface area contributed by atoms with E-state index < -0.39 is 0 Å². The minimum atomic E-state index is -0.349. The van der Waals surface area contributed by atoms with Crippen LogP contribution in [0.2, 0.25) is 0 Å². The third kappa shape index (κ3) is 4.76. The van der Waals surface area contributed by atoms with Gasteiger partial charge in [0.1, 0.15) is 5.75 Å². The van der Waals surface area contributed by atoms with Gasteiger partial charge < -0.3 is 15.0 Å². The number of hydrogen-bond acceptors (Lipinski definition) is 4. The average Bonchev–Trinajstić information content (AvgIpc) is 2.62. The molecule has 1 atom stereocenters. The third-order valence-electron chi connectivity index (χ3n) is 4.56. The Morgan fingerprint density at radius 3 is 2.59 bits per heavy atom. The molecule has 6 heteroatoms. The summed E-state index contributed by atoms with van der Waals surface area (Å²) in [5.41, 5.74) is 3.29. The van der Waals surface area contributed by atoms with Crippen LogP contribution in [0.4, 0.5) is 0 Å². The third-order valence-corrected chi connectivity index (χ3v) is 4.56. The highest BCUT2D eigenvalue weighted by Crippen LogP contribution is 2.25. The van der Waals surface area contributed by atoms with Crippen molar-refractivity contribution in [1.82, 2.24) is 10.3 Å². The number of nitrogens with one attached hydrogen (secondary N) is 2. The predicted octanol–water partition coefficient (Wildman–Crippen LogP) is 3.28. The normalized spacial score (nSPS) is 11.6. The molecule has 0 aliphatic heterocycles. The lowest BCUT2D eigenvalue weighted by atomic mass is 10.0. The number of rotatable bonds is 6. The first-order valence-corrected chi connectivity index (χ1v) is 8.95. The number of hydrogen-bond donors (Lipinski definition) is 2. The van der Waals surface area contributed by atoms with Gasteiger partial charge in [-0.3, -0.25) is 9.59 Å². The molecular weight excluding hydrogens is 342 g/mol. The standard InChI is InChI=1S/C21H25N3O3/c1-6-14(4)27-19-9-16(10-22)8-17(15(19)5)20(25)23-11-18-12(2)7-13(3)24-21(18)26/h7-9,14H,6,11H2,1-5H3,(H,23,25)(H,24,26). The fourth-order valence-electron chi connectivity index (χ4n) is 2.78. The van der Waals surface area contributed by atoms with Crippen molar-refractivity contribution in [3.63, 3.8) is 0 Å². The van der Waals surface area contributed by atoms with Gasteiger partial charge in [-0.05, 0) is 57.9 Å². The molecule has 0 bridgehead atoms. The maximum Gasteiger partial charge on any atom is 0.253 e. The van der Waals surface area contributed by atoms with Crippen LogP contribution in [0.1, 0.15) is 58.6 Å². The van der Waals surface area contributed by atoms with Crippen molar-refractivity contribution in [3.05, 3.63) is 62.1 Å². The number of pyridine rings is 1. The van der Waals surface area contributed by atoms with Crippen LogP contribution in [0.5, 0.6) is 5.75 Å². The number of aryl methyl sites for hydroxylation is 2. The van der Waals surface area contributed by atoms with E-state index in [-0.39, 0.29) is 24.1 Å². The summed E-state index contributed by atoms with van der Waals surface area (Å²) < 4.78 is 5.86. The Morgan fingerprint density at radius 1 is 1.30 bits per heavy atom. The number of aromatic nitrogens is 1. The summed E-state index contributed by atoms with van der Waals surface area (Å²) in [6.07, 6.45) is 0.787. The SMILES string of the molecule is CCC(C)Oc1cc(C#N)cc(C(=O)NCc2c(C)cc(C)[nH]c2=O)c1C. The number of aromatic amines is 1. The number of amides is 1. The van der Waals surface area contributed by atoms with Crippen LogP contribution in [-0.2, 0) is 6.54 Å². The Morgan fingerprint density at radius 2 is 2.00 bits per heavy atom. The molecular formula is C21H25N3O3. The minimum Gasteiger partial charge on any atom is -0.490 e. The lowest BCUT2D eigenvalue weighted by molar-refractivity contribution is 0.0949. The van der Waals surface area contributed by atoms with Gasteiger partial charge in [0, 0.05) is 28.9 Å². The summed E-state index contributed by atoms with van der Waals surface area (Å²) in [6, 6.07) is 7.12. The first-order valence-electron chi connectivity index (χ1n) is 8.95. The molecule has 2 N–H and O–H groups in total. The molecule has 1 amide bonds. The van der Waals surface area contributed by atoms with Gasteiger partial charge in [0.25, 0.3) is 11.5 Å². The van der Waals surface area contributed by atoms with Crippen LogP contribution in [0, 0.1) is 32.1 Å². The molecule has 6 nitrogen and oxygen atoms in total. The van der Waals surface area contributed by atoms with Crippen LogP contribution in [-0.4, -0.2) is 17.0 Å². The number of carbonyl (C=O) groups excluding carboxylic acids is 1. The molecule has 0 saturated carbocycles. The van der Waals surface area contributed by atoms with Crippen LogP contribution < -0.4 is 15.6 Å². The van der Waals surface area contributed by atoms with E-state index in [1.54, 1.807) is 19.1 Å². The number of H-pyrrole nitrogens is 1. The molecule has 2 aromatic rings. The van der Waals surface area contributed by atoms with Crippen LogP contribution in [0.3, 0.4) is 0 Å². The van der Waals surface area contributed by atoms with Gasteiger partial charge in [-0.1, -0.05) is 6.92 Å². The van der Waals surface area contributed by atoms with Gasteiger partial charge in [0.2, 0.25) is 0 Å². The molecule has 1 aromatic heterocycles. The Labute approximate surface area is 159 Å². The highest BCUT2D eigenvalue weighted by molar-refractivity contribution is 5.96. The first-order chi connectivity index (χ1) is 12.8. The van der Waals surface area contributed by atoms with Gasteiger partial charge >= 0.3 is 0 Å². The highest BCUT2D eigenvalue weighted by Gasteiger charge is 2.17. The summed E-state index contributed by atoms with van der Waals surface area (Å²) in [5, 5.41) is 12.1. The van der Waals surface area contributed by atoms with Crippen molar-refractivity contribution in [2.45, 2.75) is 53.7 Å². The minimum absolute atomic E-state index is 0.0256. The topological polar surface area (TPSA) is 95.0 Å². The summed E-state index contributed by atoms with van der Waals surface area (Å²) in [7, 11) is 0. The van der Waals surface area contributed by atoms with Gasteiger partial charge in [-0.2, -0.15) is 5.26 Å². The molecule has 0 aliphatic carbocycles. The van der Waals surface area contributed by atoms with Crippen molar-refractivity contribution in [2.24, 2.45) is 0 Å². The Kier molecular flexibility index (Phi) is 6.40. The molecule has 142 valence electrons. The van der Waals surface area contributed by atoms with E-state index in [0.717, 1.165) is 17.7 Å². The second-order valence-electron chi connectivity index (χ2n) is 6.72. The fraction of sp³-hybridized carbons (Fsp3) is 0.381. The van der Waals surface area contributed by atoms with Crippen molar-refractivity contribution in [2.75, 3.05) is 0 Å². The number of ether oxygens (including phenoxy) is 1. The molecule has 0 saturated heterocycles. The Balaban J connectivity index is 2.29. The van der Waals surface area contributed by atoms with E-state index in [4.69, 9.17) is 4.74 Å². The van der Waals surface area contributed by atoms with E-state index in [2.05, 4.69) is 16.4 Å². The summed E-state index contributed by atoms with van der Waals surface area (Å²) in [4.78, 5) is 27.6. The van der Waals surface area contributed by atoms with Gasteiger partial charge in [-0.25, -0.2) is 0 Å². The molecule has 0 radical (unpaired) electrons. The summed E-state index contributed by atoms with van der Waals surface area (Å²) in [6.45, 7) is 9.49. The fourth-order valence-corrected chi connectivity index (χ4v) is 2.78. The van der Waals surface area contributed by atoms with Crippen molar-refractivity contribution < 1.29 is 9.53 Å². The zero-order chi connectivity index (χ0) is 20.1. The van der Waals surface area contributed by atoms with Gasteiger partial charge in [-0.15, -0.1) is 0 Å². The first kappa shape index (κ1) is 20.2. The smallest absolute Gasteiger partial charge is 0.253 e. The van der Waals surface area contributed by atoms with Crippen LogP contribution in [0.15, 0.2) is 23.0 Å². The van der Waals surface area contributed by atoms with Crippen molar-refractivity contribution >= 4 is 5.91 Å². The maximum atomic E-state index is 12.7. The maximum absolute atomic E-state index is 12.7. The van der Waals surface area contributed by atoms with Crippen molar-refractivity contribution in [3.8, 4) is 11.8 Å². The van der Waals surface area contributed by atoms with E-state index in [1.807, 2.05) is 33.8 Å². The second-order valence-corrected chi connectivity index (χ2v) is 6.72. The van der Waals surface area contributed by atoms with Crippen LogP contribution in [0.25, 0.3) is 0 Å². The average molecular weight is 367 g/mol. The van der Waals surface area contributed by atoms with E-state index in [1.165, 1.54) is 0 Å². The number of nitrogens with zero attached hydrogens (tertiary/aromatic N) is 1. The number of nitriles is 1. The molecule has 0 aliphatic rings. The molecule has 1 heterocycles. The monoisotopic (exact) mass is 367 g/mol. The molecule has 0 fully saturated rings. The molecule has 1 aromatic carbocycles. The quantitative estimate of drug-likeness (QED) is 0.819. The molecule has 1 unspecified atom stereocenters. The number of carbonyl (C=O) groups is 1. The van der Waals surface area contributed by atoms with Crippen molar-refractivity contribution in [1.29, 1.82) is 5.26 Å². The predicted molar refractivity (Wildman–Crippen MR) is 104 cm³/mol. The Hall–Kier alpha value is -3.07. The summed E-state index contributed by atoms with van der Waals surface area (Å²) >= 11 is 0. The number of benzene rings is 1. The highest BCUT2D eigenvalue weighted by atomic mass is 16.5. The summed E-state index contributed by atoms with van der Waals surface area (Å²) in [5.74, 6) is 0.177. The molecule has 0 spiro atoms. The van der Waals surface area contributed by atoms with Gasteiger partial charge in [0.15, 0.2) is 0 Å². The molecule has 2 rings (SSSR count). The van der Waals surface area contributed by atoms with E-state index in [0.29, 0.717) is 28.0 Å². The second kappa shape index (κ2) is 8.54. The molecule has 27 heavy (non-hydrogen) atoms. The van der Waals surface area contributed by atoms with Crippen LogP contribution >= 0.6 is 0 Å². The lowest BCUT2D eigenvalue weighted by Gasteiger charge is -2.17. The van der Waals surface area contributed by atoms with E-state index in [9.17, 15) is 14.9 Å². The zero-order valence-electron chi connectivity index (χ0n) is 16.4. The van der Waals surface area contributed by atoms with Gasteiger partial charge in [0.05, 0.1) is 17.7 Å². The Bertz CT molecular complexity index is 954. The zero-order valence-corrected chi connectivity index (χ0v) is 16.4. The van der Waals surface area contributed by atoms with E-state index >= 15 is 0 Å². The largest absolute Gasteiger partial charge is 0.490 e. The lowest BCUT2D eigenvalue weighted by Crippen LogP contribution is -2.28.